The third-order valence-corrected chi connectivity index (χ3v) is 5.94. The van der Waals surface area contributed by atoms with Crippen molar-refractivity contribution in [3.63, 3.8) is 0 Å². The van der Waals surface area contributed by atoms with E-state index in [0.29, 0.717) is 5.41 Å². The first kappa shape index (κ1) is 20.2. The number of guanidine groups is 1. The first-order valence-electron chi connectivity index (χ1n) is 9.77. The summed E-state index contributed by atoms with van der Waals surface area (Å²) in [6, 6.07) is 10.4. The Kier molecular flexibility index (Phi) is 6.78. The molecule has 1 saturated carbocycles. The molecule has 2 aliphatic rings. The van der Waals surface area contributed by atoms with Crippen molar-refractivity contribution in [3.05, 3.63) is 53.9 Å². The van der Waals surface area contributed by atoms with Crippen molar-refractivity contribution in [2.45, 2.75) is 45.2 Å². The molecule has 1 aromatic carbocycles. The second kappa shape index (κ2) is 9.08. The SMILES string of the molecule is CN=C(NCc1cnn(Cc2ccccc2)c1)N1CCC2(CCCC2)C1.I. The van der Waals surface area contributed by atoms with Crippen LogP contribution in [0.15, 0.2) is 47.7 Å². The van der Waals surface area contributed by atoms with Gasteiger partial charge < -0.3 is 10.2 Å². The van der Waals surface area contributed by atoms with E-state index in [2.05, 4.69) is 50.8 Å². The van der Waals surface area contributed by atoms with E-state index in [1.165, 1.54) is 49.8 Å². The fourth-order valence-electron chi connectivity index (χ4n) is 4.52. The highest BCUT2D eigenvalue weighted by Crippen LogP contribution is 2.45. The maximum absolute atomic E-state index is 4.52. The second-order valence-electron chi connectivity index (χ2n) is 7.81. The number of hydrogen-bond donors (Lipinski definition) is 1. The smallest absolute Gasteiger partial charge is 0.193 e. The summed E-state index contributed by atoms with van der Waals surface area (Å²) in [5.74, 6) is 1.03. The molecule has 1 spiro atoms. The molecule has 0 unspecified atom stereocenters. The molecule has 0 atom stereocenters. The molecule has 2 aromatic rings. The first-order chi connectivity index (χ1) is 12.8. The van der Waals surface area contributed by atoms with Gasteiger partial charge in [0.1, 0.15) is 0 Å². The lowest BCUT2D eigenvalue weighted by molar-refractivity contribution is 0.309. The van der Waals surface area contributed by atoms with Crippen molar-refractivity contribution in [1.82, 2.24) is 20.0 Å². The number of hydrogen-bond acceptors (Lipinski definition) is 2. The molecule has 2 heterocycles. The highest BCUT2D eigenvalue weighted by molar-refractivity contribution is 14.0. The molecule has 2 fully saturated rings. The van der Waals surface area contributed by atoms with Crippen LogP contribution < -0.4 is 5.32 Å². The third kappa shape index (κ3) is 4.83. The molecule has 146 valence electrons. The van der Waals surface area contributed by atoms with E-state index < -0.39 is 0 Å². The molecule has 1 aliphatic carbocycles. The van der Waals surface area contributed by atoms with Crippen molar-refractivity contribution in [1.29, 1.82) is 0 Å². The number of aliphatic imine (C=N–C) groups is 1. The monoisotopic (exact) mass is 479 g/mol. The zero-order chi connectivity index (χ0) is 17.8. The van der Waals surface area contributed by atoms with Crippen LogP contribution in [0.25, 0.3) is 0 Å². The highest BCUT2D eigenvalue weighted by atomic mass is 127. The molecule has 4 rings (SSSR count). The summed E-state index contributed by atoms with van der Waals surface area (Å²) in [7, 11) is 1.89. The highest BCUT2D eigenvalue weighted by Gasteiger charge is 2.41. The van der Waals surface area contributed by atoms with E-state index in [-0.39, 0.29) is 24.0 Å². The van der Waals surface area contributed by atoms with Crippen molar-refractivity contribution < 1.29 is 0 Å². The largest absolute Gasteiger partial charge is 0.352 e. The molecule has 0 radical (unpaired) electrons. The Labute approximate surface area is 179 Å². The van der Waals surface area contributed by atoms with Crippen LogP contribution in [0.1, 0.15) is 43.2 Å². The Morgan fingerprint density at radius 1 is 1.15 bits per heavy atom. The fraction of sp³-hybridized carbons (Fsp3) is 0.524. The molecule has 1 N–H and O–H groups in total. The lowest BCUT2D eigenvalue weighted by Crippen LogP contribution is -2.40. The Bertz CT molecular complexity index is 749. The van der Waals surface area contributed by atoms with Gasteiger partial charge in [0.15, 0.2) is 5.96 Å². The van der Waals surface area contributed by atoms with Crippen molar-refractivity contribution in [2.24, 2.45) is 10.4 Å². The lowest BCUT2D eigenvalue weighted by Gasteiger charge is -2.25. The summed E-state index contributed by atoms with van der Waals surface area (Å²) < 4.78 is 2.00. The van der Waals surface area contributed by atoms with Crippen molar-refractivity contribution >= 4 is 29.9 Å². The second-order valence-corrected chi connectivity index (χ2v) is 7.81. The van der Waals surface area contributed by atoms with E-state index in [4.69, 9.17) is 0 Å². The fourth-order valence-corrected chi connectivity index (χ4v) is 4.52. The molecule has 0 bridgehead atoms. The normalized spacial score (nSPS) is 18.7. The van der Waals surface area contributed by atoms with Gasteiger partial charge in [-0.25, -0.2) is 0 Å². The van der Waals surface area contributed by atoms with Crippen LogP contribution >= 0.6 is 24.0 Å². The van der Waals surface area contributed by atoms with Gasteiger partial charge in [-0.05, 0) is 30.2 Å². The Hall–Kier alpha value is -1.57. The van der Waals surface area contributed by atoms with Gasteiger partial charge in [-0.1, -0.05) is 43.2 Å². The number of rotatable bonds is 4. The van der Waals surface area contributed by atoms with Gasteiger partial charge in [0.2, 0.25) is 0 Å². The summed E-state index contributed by atoms with van der Waals surface area (Å²) in [6.45, 7) is 3.88. The summed E-state index contributed by atoms with van der Waals surface area (Å²) >= 11 is 0. The Balaban J connectivity index is 0.00000210. The number of aromatic nitrogens is 2. The van der Waals surface area contributed by atoms with Crippen LogP contribution in [0, 0.1) is 5.41 Å². The standard InChI is InChI=1S/C21H29N5.HI/c1-22-20(25-12-11-21(17-25)9-5-6-10-21)23-13-19-14-24-26(16-19)15-18-7-3-2-4-8-18;/h2-4,7-8,14,16H,5-6,9-13,15,17H2,1H3,(H,22,23);1H. The minimum absolute atomic E-state index is 0. The van der Waals surface area contributed by atoms with Crippen LogP contribution in [0.3, 0.4) is 0 Å². The van der Waals surface area contributed by atoms with E-state index >= 15 is 0 Å². The maximum atomic E-state index is 4.52. The molecule has 0 amide bonds. The molecular weight excluding hydrogens is 449 g/mol. The molecule has 6 heteroatoms. The summed E-state index contributed by atoms with van der Waals surface area (Å²) in [5.41, 5.74) is 3.03. The number of halogens is 1. The molecule has 1 aliphatic heterocycles. The number of benzene rings is 1. The average Bonchev–Trinajstić information content (AvgIpc) is 3.40. The molecular formula is C21H30IN5. The molecule has 1 aromatic heterocycles. The van der Waals surface area contributed by atoms with Gasteiger partial charge in [0.25, 0.3) is 0 Å². The predicted octanol–water partition coefficient (Wildman–Crippen LogP) is 3.89. The minimum atomic E-state index is 0. The van der Waals surface area contributed by atoms with E-state index in [9.17, 15) is 0 Å². The quantitative estimate of drug-likeness (QED) is 0.411. The van der Waals surface area contributed by atoms with Crippen LogP contribution in [-0.2, 0) is 13.1 Å². The van der Waals surface area contributed by atoms with Crippen LogP contribution in [0.4, 0.5) is 0 Å². The topological polar surface area (TPSA) is 45.5 Å². The molecule has 27 heavy (non-hydrogen) atoms. The Morgan fingerprint density at radius 3 is 2.67 bits per heavy atom. The maximum Gasteiger partial charge on any atom is 0.193 e. The zero-order valence-electron chi connectivity index (χ0n) is 16.1. The van der Waals surface area contributed by atoms with Crippen molar-refractivity contribution in [2.75, 3.05) is 20.1 Å². The Morgan fingerprint density at radius 2 is 1.93 bits per heavy atom. The zero-order valence-corrected chi connectivity index (χ0v) is 18.4. The number of nitrogens with one attached hydrogen (secondary N) is 1. The summed E-state index contributed by atoms with van der Waals surface area (Å²) in [6.07, 6.45) is 11.0. The van der Waals surface area contributed by atoms with Gasteiger partial charge in [0, 0.05) is 38.4 Å². The van der Waals surface area contributed by atoms with E-state index in [1.54, 1.807) is 0 Å². The molecule has 5 nitrogen and oxygen atoms in total. The summed E-state index contributed by atoms with van der Waals surface area (Å²) in [5, 5.41) is 8.03. The van der Waals surface area contributed by atoms with Crippen LogP contribution in [0.2, 0.25) is 0 Å². The summed E-state index contributed by atoms with van der Waals surface area (Å²) in [4.78, 5) is 6.96. The minimum Gasteiger partial charge on any atom is -0.352 e. The van der Waals surface area contributed by atoms with Gasteiger partial charge in [-0.15, -0.1) is 24.0 Å². The first-order valence-corrected chi connectivity index (χ1v) is 9.77. The van der Waals surface area contributed by atoms with E-state index in [0.717, 1.165) is 25.6 Å². The number of likely N-dealkylation sites (tertiary alicyclic amines) is 1. The molecule has 1 saturated heterocycles. The van der Waals surface area contributed by atoms with Gasteiger partial charge in [-0.3, -0.25) is 9.67 Å². The van der Waals surface area contributed by atoms with Crippen molar-refractivity contribution in [3.8, 4) is 0 Å². The lowest BCUT2D eigenvalue weighted by atomic mass is 9.86. The van der Waals surface area contributed by atoms with Crippen LogP contribution in [0.5, 0.6) is 0 Å². The van der Waals surface area contributed by atoms with Crippen LogP contribution in [-0.4, -0.2) is 40.8 Å². The van der Waals surface area contributed by atoms with E-state index in [1.807, 2.05) is 24.0 Å². The van der Waals surface area contributed by atoms with Gasteiger partial charge >= 0.3 is 0 Å². The van der Waals surface area contributed by atoms with Gasteiger partial charge in [0.05, 0.1) is 12.7 Å². The third-order valence-electron chi connectivity index (χ3n) is 5.94. The van der Waals surface area contributed by atoms with Gasteiger partial charge in [-0.2, -0.15) is 5.10 Å². The number of nitrogens with zero attached hydrogens (tertiary/aromatic N) is 4. The predicted molar refractivity (Wildman–Crippen MR) is 120 cm³/mol. The average molecular weight is 479 g/mol.